The zero-order chi connectivity index (χ0) is 22.6. The van der Waals surface area contributed by atoms with Crippen LogP contribution < -0.4 is 5.32 Å². The van der Waals surface area contributed by atoms with E-state index in [2.05, 4.69) is 10.5 Å². The molecule has 0 aliphatic carbocycles. The van der Waals surface area contributed by atoms with E-state index < -0.39 is 15.9 Å². The summed E-state index contributed by atoms with van der Waals surface area (Å²) in [6.45, 7) is 2.47. The third-order valence-corrected chi connectivity index (χ3v) is 7.46. The lowest BCUT2D eigenvalue weighted by molar-refractivity contribution is -0.126. The Morgan fingerprint density at radius 2 is 2.03 bits per heavy atom. The van der Waals surface area contributed by atoms with E-state index >= 15 is 0 Å². The lowest BCUT2D eigenvalue weighted by Gasteiger charge is -2.31. The fraction of sp³-hybridized carbons (Fsp3) is 0.304. The molecule has 0 bridgehead atoms. The average Bonchev–Trinajstić information content (AvgIpc) is 3.46. The number of hydrogen-bond acceptors (Lipinski definition) is 6. The molecule has 0 spiro atoms. The highest BCUT2D eigenvalue weighted by atomic mass is 32.2. The Bertz CT molecular complexity index is 1180. The van der Waals surface area contributed by atoms with Crippen LogP contribution in [0.1, 0.15) is 35.6 Å². The summed E-state index contributed by atoms with van der Waals surface area (Å²) in [5.41, 5.74) is 1.27. The van der Waals surface area contributed by atoms with Crippen molar-refractivity contribution in [3.05, 3.63) is 71.5 Å². The average molecular weight is 456 g/mol. The predicted octanol–water partition coefficient (Wildman–Crippen LogP) is 3.46. The van der Waals surface area contributed by atoms with Crippen molar-refractivity contribution in [3.63, 3.8) is 0 Å². The summed E-state index contributed by atoms with van der Waals surface area (Å²) in [6.07, 6.45) is 5.92. The maximum absolute atomic E-state index is 13.4. The van der Waals surface area contributed by atoms with Gasteiger partial charge in [-0.3, -0.25) is 4.79 Å². The lowest BCUT2D eigenvalue weighted by atomic mass is 9.99. The summed E-state index contributed by atoms with van der Waals surface area (Å²) in [7, 11) is -3.89. The van der Waals surface area contributed by atoms with Crippen LogP contribution in [0.3, 0.4) is 0 Å². The molecule has 1 aliphatic heterocycles. The highest BCUT2D eigenvalue weighted by Crippen LogP contribution is 2.29. The summed E-state index contributed by atoms with van der Waals surface area (Å²) in [5.74, 6) is 0.142. The number of aromatic nitrogens is 1. The maximum atomic E-state index is 13.4. The molecule has 1 aliphatic rings. The van der Waals surface area contributed by atoms with E-state index in [1.165, 1.54) is 16.6 Å². The molecular formula is C23H25N3O5S. The predicted molar refractivity (Wildman–Crippen MR) is 119 cm³/mol. The highest BCUT2D eigenvalue weighted by Gasteiger charge is 2.36. The molecule has 1 atom stereocenters. The molecule has 1 fully saturated rings. The molecule has 4 rings (SSSR count). The topological polar surface area (TPSA) is 106 Å². The second-order valence-electron chi connectivity index (χ2n) is 7.72. The van der Waals surface area contributed by atoms with E-state index in [9.17, 15) is 13.2 Å². The number of hydrogen-bond donors (Lipinski definition) is 1. The van der Waals surface area contributed by atoms with Crippen LogP contribution in [0.25, 0.3) is 12.2 Å². The largest absolute Gasteiger partial charge is 0.465 e. The van der Waals surface area contributed by atoms with Crippen LogP contribution in [0.5, 0.6) is 0 Å². The van der Waals surface area contributed by atoms with E-state index in [-0.39, 0.29) is 28.8 Å². The Hall–Kier alpha value is -3.17. The van der Waals surface area contributed by atoms with Crippen LogP contribution in [0.2, 0.25) is 0 Å². The first kappa shape index (κ1) is 22.0. The number of sulfonamides is 1. The zero-order valence-corrected chi connectivity index (χ0v) is 18.5. The molecule has 1 amide bonds. The minimum Gasteiger partial charge on any atom is -0.465 e. The fourth-order valence-electron chi connectivity index (χ4n) is 3.78. The quantitative estimate of drug-likeness (QED) is 0.585. The van der Waals surface area contributed by atoms with Gasteiger partial charge in [-0.15, -0.1) is 0 Å². The number of carbonyl (C=O) groups is 1. The fourth-order valence-corrected chi connectivity index (χ4v) is 5.55. The Morgan fingerprint density at radius 3 is 2.78 bits per heavy atom. The number of rotatable bonds is 7. The third-order valence-electron chi connectivity index (χ3n) is 5.44. The molecule has 9 heteroatoms. The van der Waals surface area contributed by atoms with Gasteiger partial charge in [-0.05, 0) is 49.6 Å². The van der Waals surface area contributed by atoms with Crippen LogP contribution in [0.15, 0.2) is 62.6 Å². The number of piperidine rings is 1. The Kier molecular flexibility index (Phi) is 6.57. The summed E-state index contributed by atoms with van der Waals surface area (Å²) >= 11 is 0. The van der Waals surface area contributed by atoms with Gasteiger partial charge < -0.3 is 14.3 Å². The van der Waals surface area contributed by atoms with Gasteiger partial charge in [-0.1, -0.05) is 35.5 Å². The van der Waals surface area contributed by atoms with Gasteiger partial charge in [0, 0.05) is 19.6 Å². The first-order chi connectivity index (χ1) is 15.4. The van der Waals surface area contributed by atoms with Gasteiger partial charge in [-0.2, -0.15) is 4.31 Å². The van der Waals surface area contributed by atoms with Crippen LogP contribution >= 0.6 is 0 Å². The summed E-state index contributed by atoms with van der Waals surface area (Å²) in [4.78, 5) is 12.7. The van der Waals surface area contributed by atoms with Gasteiger partial charge in [0.05, 0.1) is 12.2 Å². The SMILES string of the molecule is Cc1noc(/C=C/c2ccco2)c1S(=O)(=O)N1CCCC(C(=O)NCc2ccccc2)C1. The van der Waals surface area contributed by atoms with Crippen molar-refractivity contribution in [1.82, 2.24) is 14.8 Å². The number of nitrogens with zero attached hydrogens (tertiary/aromatic N) is 2. The number of amides is 1. The molecule has 168 valence electrons. The normalized spacial score (nSPS) is 17.6. The van der Waals surface area contributed by atoms with E-state index in [1.54, 1.807) is 25.1 Å². The molecule has 1 saturated heterocycles. The van der Waals surface area contributed by atoms with E-state index in [0.717, 1.165) is 5.56 Å². The van der Waals surface area contributed by atoms with Crippen LogP contribution in [0.4, 0.5) is 0 Å². The molecule has 0 saturated carbocycles. The number of aryl methyl sites for hydroxylation is 1. The Labute approximate surface area is 186 Å². The van der Waals surface area contributed by atoms with E-state index in [0.29, 0.717) is 31.7 Å². The maximum Gasteiger partial charge on any atom is 0.248 e. The molecule has 1 N–H and O–H groups in total. The minimum absolute atomic E-state index is 0.0191. The second-order valence-corrected chi connectivity index (χ2v) is 9.59. The molecular weight excluding hydrogens is 430 g/mol. The number of carbonyl (C=O) groups excluding carboxylic acids is 1. The highest BCUT2D eigenvalue weighted by molar-refractivity contribution is 7.89. The van der Waals surface area contributed by atoms with Gasteiger partial charge in [0.25, 0.3) is 0 Å². The van der Waals surface area contributed by atoms with Crippen molar-refractivity contribution >= 4 is 28.1 Å². The summed E-state index contributed by atoms with van der Waals surface area (Å²) in [6, 6.07) is 13.1. The van der Waals surface area contributed by atoms with Gasteiger partial charge in [0.2, 0.25) is 15.9 Å². The number of benzene rings is 1. The first-order valence-corrected chi connectivity index (χ1v) is 11.9. The molecule has 1 unspecified atom stereocenters. The molecule has 32 heavy (non-hydrogen) atoms. The van der Waals surface area contributed by atoms with Crippen LogP contribution in [-0.2, 0) is 21.4 Å². The smallest absolute Gasteiger partial charge is 0.248 e. The third kappa shape index (κ3) is 4.84. The van der Waals surface area contributed by atoms with Crippen molar-refractivity contribution in [2.24, 2.45) is 5.92 Å². The van der Waals surface area contributed by atoms with Gasteiger partial charge in [0.1, 0.15) is 11.5 Å². The van der Waals surface area contributed by atoms with Crippen molar-refractivity contribution < 1.29 is 22.2 Å². The Balaban J connectivity index is 1.48. The van der Waals surface area contributed by atoms with Crippen molar-refractivity contribution in [2.75, 3.05) is 13.1 Å². The van der Waals surface area contributed by atoms with Crippen molar-refractivity contribution in [2.45, 2.75) is 31.2 Å². The molecule has 2 aromatic heterocycles. The molecule has 1 aromatic carbocycles. The van der Waals surface area contributed by atoms with Gasteiger partial charge >= 0.3 is 0 Å². The Morgan fingerprint density at radius 1 is 1.22 bits per heavy atom. The van der Waals surface area contributed by atoms with Gasteiger partial charge in [-0.25, -0.2) is 8.42 Å². The summed E-state index contributed by atoms with van der Waals surface area (Å²) < 4.78 is 38.7. The van der Waals surface area contributed by atoms with E-state index in [1.807, 2.05) is 30.3 Å². The first-order valence-electron chi connectivity index (χ1n) is 10.4. The summed E-state index contributed by atoms with van der Waals surface area (Å²) in [5, 5.41) is 6.77. The van der Waals surface area contributed by atoms with Crippen molar-refractivity contribution in [3.8, 4) is 0 Å². The number of furan rings is 1. The van der Waals surface area contributed by atoms with Crippen LogP contribution in [0, 0.1) is 12.8 Å². The monoisotopic (exact) mass is 455 g/mol. The van der Waals surface area contributed by atoms with E-state index in [4.69, 9.17) is 8.94 Å². The molecule has 0 radical (unpaired) electrons. The number of nitrogens with one attached hydrogen (secondary N) is 1. The zero-order valence-electron chi connectivity index (χ0n) is 17.7. The van der Waals surface area contributed by atoms with Gasteiger partial charge in [0.15, 0.2) is 10.7 Å². The standard InChI is InChI=1S/C23H25N3O5S/c1-17-22(21(31-25-17)12-11-20-10-6-14-30-20)32(28,29)26-13-5-9-19(16-26)23(27)24-15-18-7-3-2-4-8-18/h2-4,6-8,10-12,14,19H,5,9,13,15-16H2,1H3,(H,24,27)/b12-11+. The molecule has 8 nitrogen and oxygen atoms in total. The molecule has 3 aromatic rings. The molecule has 3 heterocycles. The lowest BCUT2D eigenvalue weighted by Crippen LogP contribution is -2.45. The minimum atomic E-state index is -3.89. The second kappa shape index (κ2) is 9.54. The van der Waals surface area contributed by atoms with Crippen molar-refractivity contribution in [1.29, 1.82) is 0 Å². The van der Waals surface area contributed by atoms with Crippen LogP contribution in [-0.4, -0.2) is 36.9 Å².